The number of para-hydroxylation sites is 1. The first-order valence-electron chi connectivity index (χ1n) is 11.3. The molecule has 1 amide bonds. The van der Waals surface area contributed by atoms with Gasteiger partial charge >= 0.3 is 0 Å². The number of anilines is 3. The van der Waals surface area contributed by atoms with Crippen LogP contribution >= 0.6 is 24.0 Å². The molecule has 7 nitrogen and oxygen atoms in total. The Labute approximate surface area is 219 Å². The number of hydrogen-bond donors (Lipinski definition) is 3. The average molecular weight is 518 g/mol. The minimum atomic E-state index is -0.264. The van der Waals surface area contributed by atoms with E-state index in [9.17, 15) is 9.59 Å². The zero-order valence-corrected chi connectivity index (χ0v) is 21.9. The third kappa shape index (κ3) is 6.05. The Kier molecular flexibility index (Phi) is 7.92. The van der Waals surface area contributed by atoms with E-state index in [1.807, 2.05) is 92.7 Å². The van der Waals surface area contributed by atoms with Gasteiger partial charge in [-0.3, -0.25) is 14.3 Å². The fourth-order valence-electron chi connectivity index (χ4n) is 3.63. The van der Waals surface area contributed by atoms with Crippen LogP contribution in [0.1, 0.15) is 11.3 Å². The van der Waals surface area contributed by atoms with Gasteiger partial charge in [-0.2, -0.15) is 0 Å². The summed E-state index contributed by atoms with van der Waals surface area (Å²) in [7, 11) is 1.80. The van der Waals surface area contributed by atoms with E-state index in [-0.39, 0.29) is 22.9 Å². The molecule has 0 saturated heterocycles. The predicted octanol–water partition coefficient (Wildman–Crippen LogP) is 5.33. The largest absolute Gasteiger partial charge is 0.332 e. The lowest BCUT2D eigenvalue weighted by atomic mass is 10.2. The Hall–Kier alpha value is -3.82. The highest BCUT2D eigenvalue weighted by Crippen LogP contribution is 2.23. The van der Waals surface area contributed by atoms with Gasteiger partial charge in [0, 0.05) is 23.3 Å². The van der Waals surface area contributed by atoms with Crippen molar-refractivity contribution in [1.29, 1.82) is 0 Å². The Balaban J connectivity index is 1.36. The maximum atomic E-state index is 13.0. The minimum Gasteiger partial charge on any atom is -0.332 e. The zero-order chi connectivity index (χ0) is 25.7. The number of rotatable bonds is 7. The summed E-state index contributed by atoms with van der Waals surface area (Å²) in [6.07, 6.45) is 0. The highest BCUT2D eigenvalue weighted by atomic mass is 32.2. The molecule has 3 N–H and O–H groups in total. The molecule has 36 heavy (non-hydrogen) atoms. The van der Waals surface area contributed by atoms with Gasteiger partial charge in [0.05, 0.1) is 17.1 Å². The summed E-state index contributed by atoms with van der Waals surface area (Å²) >= 11 is 6.80. The average Bonchev–Trinajstić information content (AvgIpc) is 3.08. The molecule has 184 valence electrons. The number of aromatic nitrogens is 2. The van der Waals surface area contributed by atoms with Crippen LogP contribution in [-0.2, 0) is 11.8 Å². The van der Waals surface area contributed by atoms with E-state index in [1.54, 1.807) is 16.4 Å². The minimum absolute atomic E-state index is 0.161. The van der Waals surface area contributed by atoms with Crippen molar-refractivity contribution in [3.05, 3.63) is 100 Å². The maximum Gasteiger partial charge on any atom is 0.295 e. The van der Waals surface area contributed by atoms with Crippen molar-refractivity contribution in [2.24, 2.45) is 7.05 Å². The van der Waals surface area contributed by atoms with Crippen LogP contribution in [-0.4, -0.2) is 26.1 Å². The number of aryl methyl sites for hydroxylation is 1. The van der Waals surface area contributed by atoms with Gasteiger partial charge in [0.2, 0.25) is 5.91 Å². The second kappa shape index (κ2) is 11.3. The van der Waals surface area contributed by atoms with Gasteiger partial charge < -0.3 is 16.0 Å². The summed E-state index contributed by atoms with van der Waals surface area (Å²) in [5.41, 5.74) is 4.34. The second-order valence-electron chi connectivity index (χ2n) is 8.25. The van der Waals surface area contributed by atoms with Gasteiger partial charge in [0.1, 0.15) is 5.69 Å². The fraction of sp³-hybridized carbons (Fsp3) is 0.148. The third-order valence-corrected chi connectivity index (χ3v) is 6.79. The van der Waals surface area contributed by atoms with E-state index in [4.69, 9.17) is 12.2 Å². The van der Waals surface area contributed by atoms with Crippen molar-refractivity contribution in [1.82, 2.24) is 9.36 Å². The smallest absolute Gasteiger partial charge is 0.295 e. The number of carbonyl (C=O) groups is 1. The van der Waals surface area contributed by atoms with E-state index >= 15 is 0 Å². The number of nitrogens with zero attached hydrogens (tertiary/aromatic N) is 2. The summed E-state index contributed by atoms with van der Waals surface area (Å²) in [5, 5.41) is 9.61. The molecule has 4 rings (SSSR count). The maximum absolute atomic E-state index is 13.0. The van der Waals surface area contributed by atoms with Crippen LogP contribution in [0, 0.1) is 13.8 Å². The van der Waals surface area contributed by atoms with Crippen LogP contribution in [0.25, 0.3) is 5.69 Å². The molecule has 9 heteroatoms. The third-order valence-electron chi connectivity index (χ3n) is 5.59. The molecular formula is C27H27N5O2S2. The van der Waals surface area contributed by atoms with Crippen LogP contribution in [0.2, 0.25) is 0 Å². The number of thioether (sulfide) groups is 1. The summed E-state index contributed by atoms with van der Waals surface area (Å²) in [6.45, 7) is 3.84. The van der Waals surface area contributed by atoms with Crippen molar-refractivity contribution in [3.8, 4) is 5.69 Å². The molecule has 0 aliphatic carbocycles. The first-order chi connectivity index (χ1) is 17.3. The van der Waals surface area contributed by atoms with Crippen LogP contribution in [0.5, 0.6) is 0 Å². The fourth-order valence-corrected chi connectivity index (χ4v) is 4.62. The lowest BCUT2D eigenvalue weighted by Gasteiger charge is -2.12. The SMILES string of the molecule is Cc1ccc(NC(=S)Nc2cccc(SCC(=O)Nc3c(C)n(C)n(-c4ccccc4)c3=O)c2)cc1. The number of benzene rings is 3. The standard InChI is InChI=1S/C27H27N5O2S2/c1-18-12-14-20(15-13-18)28-27(35)29-21-8-7-11-23(16-21)36-17-24(33)30-25-19(2)31(3)32(26(25)34)22-9-5-4-6-10-22/h4-16H,17H2,1-3H3,(H,30,33)(H2,28,29,35). The van der Waals surface area contributed by atoms with Crippen molar-refractivity contribution in [3.63, 3.8) is 0 Å². The van der Waals surface area contributed by atoms with Crippen LogP contribution < -0.4 is 21.5 Å². The summed E-state index contributed by atoms with van der Waals surface area (Å²) in [6, 6.07) is 25.0. The zero-order valence-electron chi connectivity index (χ0n) is 20.2. The number of carbonyl (C=O) groups excluding carboxylic acids is 1. The van der Waals surface area contributed by atoms with Gasteiger partial charge in [-0.1, -0.05) is 42.0 Å². The molecule has 0 aliphatic heterocycles. The lowest BCUT2D eigenvalue weighted by Crippen LogP contribution is -2.23. The molecule has 0 radical (unpaired) electrons. The number of thiocarbonyl (C=S) groups is 1. The second-order valence-corrected chi connectivity index (χ2v) is 9.70. The van der Waals surface area contributed by atoms with Gasteiger partial charge in [-0.25, -0.2) is 4.68 Å². The molecule has 0 atom stereocenters. The molecule has 4 aromatic rings. The van der Waals surface area contributed by atoms with Crippen molar-refractivity contribution < 1.29 is 4.79 Å². The Morgan fingerprint density at radius 2 is 1.58 bits per heavy atom. The van der Waals surface area contributed by atoms with E-state index in [0.29, 0.717) is 10.8 Å². The predicted molar refractivity (Wildman–Crippen MR) is 153 cm³/mol. The number of amides is 1. The normalized spacial score (nSPS) is 10.6. The van der Waals surface area contributed by atoms with Gasteiger partial charge in [0.25, 0.3) is 5.56 Å². The lowest BCUT2D eigenvalue weighted by molar-refractivity contribution is -0.113. The molecule has 0 bridgehead atoms. The monoisotopic (exact) mass is 517 g/mol. The molecular weight excluding hydrogens is 490 g/mol. The first-order valence-corrected chi connectivity index (χ1v) is 12.7. The summed E-state index contributed by atoms with van der Waals surface area (Å²) in [4.78, 5) is 26.6. The Morgan fingerprint density at radius 1 is 0.889 bits per heavy atom. The molecule has 1 aromatic heterocycles. The first kappa shape index (κ1) is 25.3. The Morgan fingerprint density at radius 3 is 2.31 bits per heavy atom. The van der Waals surface area contributed by atoms with Crippen LogP contribution in [0.15, 0.2) is 88.6 Å². The highest BCUT2D eigenvalue weighted by Gasteiger charge is 2.18. The van der Waals surface area contributed by atoms with E-state index in [2.05, 4.69) is 16.0 Å². The molecule has 0 unspecified atom stereocenters. The topological polar surface area (TPSA) is 80.1 Å². The molecule has 1 heterocycles. The quantitative estimate of drug-likeness (QED) is 0.227. The van der Waals surface area contributed by atoms with Gasteiger partial charge in [-0.05, 0) is 68.5 Å². The number of nitrogens with one attached hydrogen (secondary N) is 3. The van der Waals surface area contributed by atoms with Gasteiger partial charge in [-0.15, -0.1) is 11.8 Å². The summed E-state index contributed by atoms with van der Waals surface area (Å²) in [5.74, 6) is -0.0878. The summed E-state index contributed by atoms with van der Waals surface area (Å²) < 4.78 is 3.28. The van der Waals surface area contributed by atoms with E-state index in [1.165, 1.54) is 17.3 Å². The highest BCUT2D eigenvalue weighted by molar-refractivity contribution is 8.00. The Bertz CT molecular complexity index is 1440. The van der Waals surface area contributed by atoms with E-state index < -0.39 is 0 Å². The molecule has 0 aliphatic rings. The molecule has 3 aromatic carbocycles. The van der Waals surface area contributed by atoms with Crippen LogP contribution in [0.4, 0.5) is 17.1 Å². The molecule has 0 fully saturated rings. The van der Waals surface area contributed by atoms with Gasteiger partial charge in [0.15, 0.2) is 5.11 Å². The molecule has 0 saturated carbocycles. The van der Waals surface area contributed by atoms with Crippen molar-refractivity contribution in [2.75, 3.05) is 21.7 Å². The number of hydrogen-bond acceptors (Lipinski definition) is 4. The van der Waals surface area contributed by atoms with Crippen LogP contribution in [0.3, 0.4) is 0 Å². The van der Waals surface area contributed by atoms with Crippen molar-refractivity contribution >= 4 is 52.1 Å². The molecule has 0 spiro atoms. The van der Waals surface area contributed by atoms with E-state index in [0.717, 1.165) is 22.0 Å². The van der Waals surface area contributed by atoms with Crippen molar-refractivity contribution in [2.45, 2.75) is 18.7 Å².